The summed E-state index contributed by atoms with van der Waals surface area (Å²) >= 11 is 0. The van der Waals surface area contributed by atoms with Crippen molar-refractivity contribution in [2.45, 2.75) is 62.4 Å². The van der Waals surface area contributed by atoms with Crippen LogP contribution in [0.25, 0.3) is 10.8 Å². The average molecular weight is 699 g/mol. The first-order chi connectivity index (χ1) is 23.8. The number of aromatic hydroxyl groups is 3. The van der Waals surface area contributed by atoms with Crippen molar-refractivity contribution in [1.82, 2.24) is 0 Å². The Morgan fingerprint density at radius 1 is 0.960 bits per heavy atom. The highest BCUT2D eigenvalue weighted by Gasteiger charge is 2.63. The van der Waals surface area contributed by atoms with Gasteiger partial charge in [0.2, 0.25) is 11.5 Å². The molecule has 50 heavy (non-hydrogen) atoms. The van der Waals surface area contributed by atoms with Crippen LogP contribution >= 0.6 is 0 Å². The number of aliphatic hydroxyl groups is 2. The first-order valence-electron chi connectivity index (χ1n) is 15.2. The SMILES string of the molecule is COC(=O)c1cc2cc3c(c(O)c2c(=O)o1)O[C@@]1(Oc2c(O)c4c(c(O)c2[C@H]1OC1CC(OC)C(O)C(C)O1)C(=O)C=C(OC)C4=O)[C@H](O)C3. The summed E-state index contributed by atoms with van der Waals surface area (Å²) in [5.74, 6) is -9.75. The molecule has 1 aromatic heterocycles. The zero-order valence-electron chi connectivity index (χ0n) is 26.7. The van der Waals surface area contributed by atoms with Crippen molar-refractivity contribution in [2.24, 2.45) is 0 Å². The zero-order chi connectivity index (χ0) is 36.0. The Morgan fingerprint density at radius 2 is 1.68 bits per heavy atom. The van der Waals surface area contributed by atoms with Crippen LogP contribution in [0.15, 0.2) is 33.2 Å². The minimum Gasteiger partial charge on any atom is -0.507 e. The molecule has 1 aliphatic carbocycles. The number of fused-ring (bicyclic) bond motifs is 4. The van der Waals surface area contributed by atoms with Crippen molar-refractivity contribution < 1.29 is 77.5 Å². The molecule has 4 aliphatic rings. The lowest BCUT2D eigenvalue weighted by molar-refractivity contribution is -0.313. The number of ether oxygens (including phenoxy) is 7. The average Bonchev–Trinajstić information content (AvgIpc) is 3.40. The summed E-state index contributed by atoms with van der Waals surface area (Å²) in [6.45, 7) is 1.55. The summed E-state index contributed by atoms with van der Waals surface area (Å²) in [4.78, 5) is 51.5. The topological polar surface area (TPSA) is 247 Å². The maximum absolute atomic E-state index is 13.2. The molecule has 17 heteroatoms. The van der Waals surface area contributed by atoms with E-state index in [1.165, 1.54) is 13.2 Å². The van der Waals surface area contributed by atoms with Gasteiger partial charge < -0.3 is 63.1 Å². The predicted molar refractivity (Wildman–Crippen MR) is 162 cm³/mol. The molecule has 3 aromatic rings. The number of esters is 1. The molecule has 5 N–H and O–H groups in total. The number of carbonyl (C=O) groups excluding carboxylic acids is 3. The summed E-state index contributed by atoms with van der Waals surface area (Å²) in [5, 5.41) is 56.5. The molecule has 3 aliphatic heterocycles. The summed E-state index contributed by atoms with van der Waals surface area (Å²) in [7, 11) is 3.58. The lowest BCUT2D eigenvalue weighted by Gasteiger charge is -2.44. The van der Waals surface area contributed by atoms with Gasteiger partial charge in [-0.3, -0.25) is 9.59 Å². The molecule has 17 nitrogen and oxygen atoms in total. The zero-order valence-corrected chi connectivity index (χ0v) is 26.7. The molecule has 4 unspecified atom stereocenters. The van der Waals surface area contributed by atoms with Crippen molar-refractivity contribution >= 4 is 28.3 Å². The van der Waals surface area contributed by atoms with Gasteiger partial charge in [-0.15, -0.1) is 0 Å². The van der Waals surface area contributed by atoms with E-state index in [1.807, 2.05) is 0 Å². The number of benzene rings is 2. The smallest absolute Gasteiger partial charge is 0.374 e. The van der Waals surface area contributed by atoms with E-state index in [0.717, 1.165) is 26.4 Å². The number of aliphatic hydroxyl groups excluding tert-OH is 2. The Labute approximate surface area is 280 Å². The minimum atomic E-state index is -2.50. The quantitative estimate of drug-likeness (QED) is 0.186. The van der Waals surface area contributed by atoms with Crippen LogP contribution in [0.3, 0.4) is 0 Å². The lowest BCUT2D eigenvalue weighted by atomic mass is 9.85. The highest BCUT2D eigenvalue weighted by Crippen LogP contribution is 2.61. The van der Waals surface area contributed by atoms with Gasteiger partial charge in [0, 0.05) is 31.6 Å². The van der Waals surface area contributed by atoms with E-state index in [4.69, 9.17) is 32.8 Å². The summed E-state index contributed by atoms with van der Waals surface area (Å²) in [5.41, 5.74) is -2.68. The van der Waals surface area contributed by atoms with Crippen molar-refractivity contribution in [3.05, 3.63) is 62.4 Å². The van der Waals surface area contributed by atoms with E-state index >= 15 is 0 Å². The maximum Gasteiger partial charge on any atom is 0.374 e. The van der Waals surface area contributed by atoms with E-state index in [9.17, 15) is 44.7 Å². The molecule has 1 saturated heterocycles. The fraction of sp³-hybridized carbons (Fsp3) is 0.394. The summed E-state index contributed by atoms with van der Waals surface area (Å²) in [6, 6.07) is 2.52. The van der Waals surface area contributed by atoms with Gasteiger partial charge in [-0.05, 0) is 24.4 Å². The molecule has 7 atom stereocenters. The summed E-state index contributed by atoms with van der Waals surface area (Å²) < 4.78 is 44.5. The third kappa shape index (κ3) is 4.65. The van der Waals surface area contributed by atoms with Gasteiger partial charge in [0.15, 0.2) is 46.9 Å². The summed E-state index contributed by atoms with van der Waals surface area (Å²) in [6.07, 6.45) is -7.15. The fourth-order valence-electron chi connectivity index (χ4n) is 6.86. The predicted octanol–water partition coefficient (Wildman–Crippen LogP) is 1.26. The molecule has 0 amide bonds. The molecule has 4 heterocycles. The van der Waals surface area contributed by atoms with Crippen molar-refractivity contribution in [2.75, 3.05) is 21.3 Å². The molecule has 0 saturated carbocycles. The highest BCUT2D eigenvalue weighted by atomic mass is 16.8. The number of Topliss-reactive ketones (excluding diaryl/α,β-unsaturated/α-hetero) is 1. The van der Waals surface area contributed by atoms with Crippen LogP contribution in [0.5, 0.6) is 28.7 Å². The standard InChI is InChI=1S/C33H30O17/c1-10-23(36)15(44-3)9-18(46-10)48-30-22-25(38)20-13(34)8-14(43-2)24(37)21(20)27(40)29(22)50-33(30)17(35)7-12-5-11-6-16(31(41)45-4)47-32(42)19(11)26(39)28(12)49-33/h5-6,8,10,15,17-18,23,30,35-36,38-40H,7,9H2,1-4H3/t10?,15?,17-,18?,23?,30-,33-/m1/s1. The molecule has 7 rings (SSSR count). The molecular formula is C33H30O17. The second-order valence-corrected chi connectivity index (χ2v) is 12.1. The van der Waals surface area contributed by atoms with Crippen LogP contribution in [0.1, 0.15) is 61.8 Å². The van der Waals surface area contributed by atoms with Crippen LogP contribution in [-0.2, 0) is 30.1 Å². The van der Waals surface area contributed by atoms with Gasteiger partial charge >= 0.3 is 17.4 Å². The second-order valence-electron chi connectivity index (χ2n) is 12.1. The van der Waals surface area contributed by atoms with E-state index in [0.29, 0.717) is 0 Å². The Hall–Kier alpha value is -5.20. The van der Waals surface area contributed by atoms with Crippen LogP contribution in [0.2, 0.25) is 0 Å². The molecule has 2 aromatic carbocycles. The number of phenolic OH excluding ortho intramolecular Hbond substituents is 3. The monoisotopic (exact) mass is 698 g/mol. The molecule has 1 spiro atoms. The van der Waals surface area contributed by atoms with Gasteiger partial charge in [0.05, 0.1) is 43.1 Å². The van der Waals surface area contributed by atoms with Gasteiger partial charge in [-0.1, -0.05) is 0 Å². The largest absolute Gasteiger partial charge is 0.507 e. The third-order valence-corrected chi connectivity index (χ3v) is 9.33. The van der Waals surface area contributed by atoms with Crippen molar-refractivity contribution in [3.63, 3.8) is 0 Å². The van der Waals surface area contributed by atoms with Crippen molar-refractivity contribution in [1.29, 1.82) is 0 Å². The van der Waals surface area contributed by atoms with Crippen LogP contribution in [0.4, 0.5) is 0 Å². The first kappa shape index (κ1) is 33.3. The van der Waals surface area contributed by atoms with E-state index in [1.54, 1.807) is 6.92 Å². The number of hydrogen-bond acceptors (Lipinski definition) is 17. The van der Waals surface area contributed by atoms with E-state index in [-0.39, 0.29) is 23.8 Å². The van der Waals surface area contributed by atoms with Crippen LogP contribution < -0.4 is 15.1 Å². The Bertz CT molecular complexity index is 2080. The van der Waals surface area contributed by atoms with Gasteiger partial charge in [0.25, 0.3) is 0 Å². The molecular weight excluding hydrogens is 668 g/mol. The molecule has 0 bridgehead atoms. The molecule has 1 fully saturated rings. The number of ketones is 2. The number of hydrogen-bond donors (Lipinski definition) is 5. The maximum atomic E-state index is 13.2. The second kappa shape index (κ2) is 11.7. The Kier molecular flexibility index (Phi) is 7.80. The van der Waals surface area contributed by atoms with Crippen molar-refractivity contribution in [3.8, 4) is 28.7 Å². The van der Waals surface area contributed by atoms with Crippen LogP contribution in [-0.4, -0.2) is 101 Å². The van der Waals surface area contributed by atoms with E-state index in [2.05, 4.69) is 4.74 Å². The lowest BCUT2D eigenvalue weighted by Crippen LogP contribution is -2.59. The van der Waals surface area contributed by atoms with E-state index < -0.39 is 128 Å². The molecule has 264 valence electrons. The first-order valence-corrected chi connectivity index (χ1v) is 15.2. The number of rotatable bonds is 5. The van der Waals surface area contributed by atoms with Crippen LogP contribution in [0, 0.1) is 0 Å². The number of phenols is 3. The van der Waals surface area contributed by atoms with Gasteiger partial charge in [0.1, 0.15) is 23.3 Å². The number of methoxy groups -OCH3 is 3. The highest BCUT2D eigenvalue weighted by molar-refractivity contribution is 6.26. The number of allylic oxidation sites excluding steroid dienone is 2. The Balaban J connectivity index is 1.41. The third-order valence-electron chi connectivity index (χ3n) is 9.33. The Morgan fingerprint density at radius 3 is 2.36 bits per heavy atom. The minimum absolute atomic E-state index is 0.0447. The van der Waals surface area contributed by atoms with Gasteiger partial charge in [-0.2, -0.15) is 0 Å². The normalized spacial score (nSPS) is 28.3. The molecule has 0 radical (unpaired) electrons. The number of carbonyl (C=O) groups is 3. The fourth-order valence-corrected chi connectivity index (χ4v) is 6.86. The van der Waals surface area contributed by atoms with Gasteiger partial charge in [-0.25, -0.2) is 9.59 Å².